The largest absolute Gasteiger partial charge is 0.381 e. The first-order valence-electron chi connectivity index (χ1n) is 6.74. The maximum absolute atomic E-state index is 13.7. The summed E-state index contributed by atoms with van der Waals surface area (Å²) in [4.78, 5) is 0. The lowest BCUT2D eigenvalue weighted by Crippen LogP contribution is -2.46. The number of rotatable bonds is 4. The summed E-state index contributed by atoms with van der Waals surface area (Å²) in [5.41, 5.74) is 0.795. The van der Waals surface area contributed by atoms with E-state index >= 15 is 0 Å². The monoisotopic (exact) mass is 251 g/mol. The van der Waals surface area contributed by atoms with Crippen LogP contribution in [-0.2, 0) is 11.2 Å². The Morgan fingerprint density at radius 3 is 2.89 bits per heavy atom. The van der Waals surface area contributed by atoms with Gasteiger partial charge in [0.2, 0.25) is 0 Å². The molecule has 1 saturated heterocycles. The summed E-state index contributed by atoms with van der Waals surface area (Å²) in [5, 5.41) is 3.57. The molecule has 1 aliphatic rings. The molecule has 3 heteroatoms. The van der Waals surface area contributed by atoms with Gasteiger partial charge in [0, 0.05) is 24.6 Å². The minimum absolute atomic E-state index is 0.105. The van der Waals surface area contributed by atoms with Gasteiger partial charge < -0.3 is 10.1 Å². The second-order valence-corrected chi connectivity index (χ2v) is 5.35. The topological polar surface area (TPSA) is 21.3 Å². The molecule has 1 N–H and O–H groups in total. The highest BCUT2D eigenvalue weighted by molar-refractivity contribution is 5.18. The highest BCUT2D eigenvalue weighted by Gasteiger charge is 2.26. The Morgan fingerprint density at radius 1 is 1.39 bits per heavy atom. The fourth-order valence-corrected chi connectivity index (χ4v) is 2.59. The lowest BCUT2D eigenvalue weighted by Gasteiger charge is -2.33. The standard InChI is InChI=1S/C15H22FNO/c1-11(2)17-15-7-8-18-10-13(15)9-12-5-3-4-6-14(12)16/h3-6,11,13,15,17H,7-10H2,1-2H3/t13-,15+/m1/s1. The van der Waals surface area contributed by atoms with Crippen molar-refractivity contribution < 1.29 is 9.13 Å². The summed E-state index contributed by atoms with van der Waals surface area (Å²) in [6.45, 7) is 5.82. The molecule has 18 heavy (non-hydrogen) atoms. The molecular weight excluding hydrogens is 229 g/mol. The number of halogens is 1. The van der Waals surface area contributed by atoms with Crippen LogP contribution in [0.2, 0.25) is 0 Å². The number of ether oxygens (including phenoxy) is 1. The molecule has 1 aromatic rings. The summed E-state index contributed by atoms with van der Waals surface area (Å²) >= 11 is 0. The molecular formula is C15H22FNO. The van der Waals surface area contributed by atoms with Crippen LogP contribution < -0.4 is 5.32 Å². The molecule has 0 aliphatic carbocycles. The third-order valence-electron chi connectivity index (χ3n) is 3.46. The van der Waals surface area contributed by atoms with Crippen molar-refractivity contribution >= 4 is 0 Å². The number of hydrogen-bond donors (Lipinski definition) is 1. The van der Waals surface area contributed by atoms with E-state index in [0.717, 1.165) is 31.6 Å². The fourth-order valence-electron chi connectivity index (χ4n) is 2.59. The fraction of sp³-hybridized carbons (Fsp3) is 0.600. The number of hydrogen-bond acceptors (Lipinski definition) is 2. The maximum atomic E-state index is 13.7. The minimum atomic E-state index is -0.105. The SMILES string of the molecule is CC(C)N[C@H]1CCOC[C@H]1Cc1ccccc1F. The summed E-state index contributed by atoms with van der Waals surface area (Å²) in [6, 6.07) is 7.92. The molecule has 2 atom stereocenters. The van der Waals surface area contributed by atoms with E-state index in [0.29, 0.717) is 18.0 Å². The van der Waals surface area contributed by atoms with E-state index in [4.69, 9.17) is 4.74 Å². The Kier molecular flexibility index (Phi) is 4.72. The lowest BCUT2D eigenvalue weighted by molar-refractivity contribution is 0.0297. The van der Waals surface area contributed by atoms with Crippen molar-refractivity contribution in [2.75, 3.05) is 13.2 Å². The normalized spacial score (nSPS) is 24.4. The Bertz CT molecular complexity index is 381. The van der Waals surface area contributed by atoms with Gasteiger partial charge in [0.15, 0.2) is 0 Å². The van der Waals surface area contributed by atoms with Crippen molar-refractivity contribution in [3.05, 3.63) is 35.6 Å². The molecule has 0 saturated carbocycles. The molecule has 1 heterocycles. The van der Waals surface area contributed by atoms with Gasteiger partial charge in [-0.3, -0.25) is 0 Å². The zero-order chi connectivity index (χ0) is 13.0. The van der Waals surface area contributed by atoms with Crippen LogP contribution in [0.15, 0.2) is 24.3 Å². The molecule has 1 fully saturated rings. The highest BCUT2D eigenvalue weighted by Crippen LogP contribution is 2.21. The van der Waals surface area contributed by atoms with Gasteiger partial charge in [-0.25, -0.2) is 4.39 Å². The molecule has 1 aromatic carbocycles. The first-order chi connectivity index (χ1) is 8.66. The molecule has 0 amide bonds. The van der Waals surface area contributed by atoms with Crippen LogP contribution >= 0.6 is 0 Å². The Labute approximate surface area is 109 Å². The van der Waals surface area contributed by atoms with Crippen LogP contribution in [0.5, 0.6) is 0 Å². The predicted octanol–water partition coefficient (Wildman–Crippen LogP) is 2.77. The van der Waals surface area contributed by atoms with Crippen LogP contribution in [0.1, 0.15) is 25.8 Å². The van der Waals surface area contributed by atoms with E-state index in [1.54, 1.807) is 6.07 Å². The second-order valence-electron chi connectivity index (χ2n) is 5.35. The molecule has 0 spiro atoms. The third-order valence-corrected chi connectivity index (χ3v) is 3.46. The van der Waals surface area contributed by atoms with E-state index in [-0.39, 0.29) is 5.82 Å². The molecule has 0 radical (unpaired) electrons. The van der Waals surface area contributed by atoms with Crippen LogP contribution in [0.4, 0.5) is 4.39 Å². The summed E-state index contributed by atoms with van der Waals surface area (Å²) in [6.07, 6.45) is 1.76. The van der Waals surface area contributed by atoms with E-state index < -0.39 is 0 Å². The van der Waals surface area contributed by atoms with E-state index in [1.807, 2.05) is 12.1 Å². The summed E-state index contributed by atoms with van der Waals surface area (Å²) < 4.78 is 19.2. The smallest absolute Gasteiger partial charge is 0.126 e. The zero-order valence-corrected chi connectivity index (χ0v) is 11.2. The molecule has 0 bridgehead atoms. The second kappa shape index (κ2) is 6.30. The van der Waals surface area contributed by atoms with Gasteiger partial charge in [-0.05, 0) is 24.5 Å². The van der Waals surface area contributed by atoms with Crippen molar-refractivity contribution in [1.29, 1.82) is 0 Å². The Hall–Kier alpha value is -0.930. The van der Waals surface area contributed by atoms with Gasteiger partial charge >= 0.3 is 0 Å². The maximum Gasteiger partial charge on any atom is 0.126 e. The van der Waals surface area contributed by atoms with Crippen LogP contribution in [0, 0.1) is 11.7 Å². The molecule has 1 aliphatic heterocycles. The molecule has 2 nitrogen and oxygen atoms in total. The van der Waals surface area contributed by atoms with Gasteiger partial charge in [0.25, 0.3) is 0 Å². The van der Waals surface area contributed by atoms with Gasteiger partial charge in [0.05, 0.1) is 6.61 Å². The van der Waals surface area contributed by atoms with Crippen molar-refractivity contribution in [3.8, 4) is 0 Å². The lowest BCUT2D eigenvalue weighted by atomic mass is 9.89. The van der Waals surface area contributed by atoms with Gasteiger partial charge in [0.1, 0.15) is 5.82 Å². The van der Waals surface area contributed by atoms with E-state index in [1.165, 1.54) is 6.07 Å². The highest BCUT2D eigenvalue weighted by atomic mass is 19.1. The van der Waals surface area contributed by atoms with Gasteiger partial charge in [-0.1, -0.05) is 32.0 Å². The van der Waals surface area contributed by atoms with Crippen molar-refractivity contribution in [1.82, 2.24) is 5.32 Å². The molecule has 100 valence electrons. The molecule has 0 unspecified atom stereocenters. The van der Waals surface area contributed by atoms with Crippen LogP contribution in [0.3, 0.4) is 0 Å². The van der Waals surface area contributed by atoms with Crippen LogP contribution in [0.25, 0.3) is 0 Å². The predicted molar refractivity (Wildman–Crippen MR) is 71.1 cm³/mol. The van der Waals surface area contributed by atoms with Gasteiger partial charge in [-0.15, -0.1) is 0 Å². The van der Waals surface area contributed by atoms with E-state index in [2.05, 4.69) is 19.2 Å². The third kappa shape index (κ3) is 3.53. The summed E-state index contributed by atoms with van der Waals surface area (Å²) in [5.74, 6) is 0.254. The molecule has 0 aromatic heterocycles. The van der Waals surface area contributed by atoms with Crippen molar-refractivity contribution in [3.63, 3.8) is 0 Å². The average molecular weight is 251 g/mol. The number of nitrogens with one attached hydrogen (secondary N) is 1. The average Bonchev–Trinajstić information content (AvgIpc) is 2.34. The van der Waals surface area contributed by atoms with Gasteiger partial charge in [-0.2, -0.15) is 0 Å². The summed E-state index contributed by atoms with van der Waals surface area (Å²) in [7, 11) is 0. The quantitative estimate of drug-likeness (QED) is 0.888. The number of benzene rings is 1. The van der Waals surface area contributed by atoms with Crippen molar-refractivity contribution in [2.24, 2.45) is 5.92 Å². The Balaban J connectivity index is 2.03. The van der Waals surface area contributed by atoms with E-state index in [9.17, 15) is 4.39 Å². The molecule has 2 rings (SSSR count). The van der Waals surface area contributed by atoms with Crippen molar-refractivity contribution in [2.45, 2.75) is 38.8 Å². The first kappa shape index (κ1) is 13.5. The van der Waals surface area contributed by atoms with Crippen LogP contribution in [-0.4, -0.2) is 25.3 Å². The zero-order valence-electron chi connectivity index (χ0n) is 11.2. The first-order valence-corrected chi connectivity index (χ1v) is 6.74. The Morgan fingerprint density at radius 2 is 2.17 bits per heavy atom. The minimum Gasteiger partial charge on any atom is -0.381 e.